The second kappa shape index (κ2) is 6.93. The van der Waals surface area contributed by atoms with E-state index in [1.165, 1.54) is 0 Å². The summed E-state index contributed by atoms with van der Waals surface area (Å²) in [5.41, 5.74) is 0. The Labute approximate surface area is 102 Å². The van der Waals surface area contributed by atoms with Crippen LogP contribution in [0.3, 0.4) is 0 Å². The number of ether oxygens (including phenoxy) is 2. The lowest BCUT2D eigenvalue weighted by molar-refractivity contribution is -0.121. The van der Waals surface area contributed by atoms with Crippen molar-refractivity contribution in [2.24, 2.45) is 5.92 Å². The molecule has 0 aromatic rings. The molecule has 98 valence electrons. The molecular formula is C12H22N2O3. The number of rotatable bonds is 5. The highest BCUT2D eigenvalue weighted by Gasteiger charge is 2.17. The molecule has 0 aromatic carbocycles. The fourth-order valence-corrected chi connectivity index (χ4v) is 2.18. The van der Waals surface area contributed by atoms with Gasteiger partial charge in [0.15, 0.2) is 0 Å². The van der Waals surface area contributed by atoms with Gasteiger partial charge in [-0.15, -0.1) is 0 Å². The molecule has 2 heterocycles. The van der Waals surface area contributed by atoms with E-state index in [4.69, 9.17) is 9.47 Å². The molecule has 1 atom stereocenters. The zero-order valence-corrected chi connectivity index (χ0v) is 10.3. The van der Waals surface area contributed by atoms with Gasteiger partial charge in [0.05, 0.1) is 19.8 Å². The van der Waals surface area contributed by atoms with Crippen LogP contribution in [0.1, 0.15) is 12.8 Å². The summed E-state index contributed by atoms with van der Waals surface area (Å²) in [5, 5.41) is 2.99. The van der Waals surface area contributed by atoms with E-state index < -0.39 is 0 Å². The number of nitrogens with one attached hydrogen (secondary N) is 1. The molecule has 0 radical (unpaired) electrons. The average Bonchev–Trinajstić information content (AvgIpc) is 2.88. The van der Waals surface area contributed by atoms with Crippen LogP contribution in [0.15, 0.2) is 0 Å². The van der Waals surface area contributed by atoms with Crippen molar-refractivity contribution in [2.75, 3.05) is 52.6 Å². The minimum Gasteiger partial charge on any atom is -0.381 e. The summed E-state index contributed by atoms with van der Waals surface area (Å²) in [4.78, 5) is 13.9. The van der Waals surface area contributed by atoms with Gasteiger partial charge in [0.1, 0.15) is 0 Å². The van der Waals surface area contributed by atoms with Gasteiger partial charge in [-0.05, 0) is 6.42 Å². The van der Waals surface area contributed by atoms with Crippen LogP contribution < -0.4 is 5.32 Å². The van der Waals surface area contributed by atoms with Crippen molar-refractivity contribution in [1.29, 1.82) is 0 Å². The van der Waals surface area contributed by atoms with E-state index in [0.29, 0.717) is 12.3 Å². The van der Waals surface area contributed by atoms with E-state index in [-0.39, 0.29) is 5.91 Å². The van der Waals surface area contributed by atoms with E-state index in [9.17, 15) is 4.79 Å². The molecule has 2 fully saturated rings. The third kappa shape index (κ3) is 4.61. The standard InChI is InChI=1S/C12H22N2O3/c15-12(13-9-11-2-6-17-10-11)1-3-14-4-7-16-8-5-14/h11H,1-10H2,(H,13,15). The second-order valence-electron chi connectivity index (χ2n) is 4.74. The number of hydrogen-bond acceptors (Lipinski definition) is 4. The van der Waals surface area contributed by atoms with Crippen LogP contribution in [-0.4, -0.2) is 63.4 Å². The van der Waals surface area contributed by atoms with Crippen LogP contribution in [0.25, 0.3) is 0 Å². The van der Waals surface area contributed by atoms with E-state index in [0.717, 1.165) is 59.0 Å². The average molecular weight is 242 g/mol. The number of hydrogen-bond donors (Lipinski definition) is 1. The van der Waals surface area contributed by atoms with Crippen molar-refractivity contribution in [3.8, 4) is 0 Å². The predicted octanol–water partition coefficient (Wildman–Crippen LogP) is -0.139. The Bertz CT molecular complexity index is 236. The smallest absolute Gasteiger partial charge is 0.221 e. The fourth-order valence-electron chi connectivity index (χ4n) is 2.18. The van der Waals surface area contributed by atoms with Crippen LogP contribution >= 0.6 is 0 Å². The van der Waals surface area contributed by atoms with Gasteiger partial charge >= 0.3 is 0 Å². The minimum atomic E-state index is 0.156. The molecular weight excluding hydrogens is 220 g/mol. The van der Waals surface area contributed by atoms with Gasteiger partial charge in [-0.2, -0.15) is 0 Å². The summed E-state index contributed by atoms with van der Waals surface area (Å²) >= 11 is 0. The minimum absolute atomic E-state index is 0.156. The topological polar surface area (TPSA) is 50.8 Å². The molecule has 1 amide bonds. The van der Waals surface area contributed by atoms with Crippen molar-refractivity contribution in [3.63, 3.8) is 0 Å². The lowest BCUT2D eigenvalue weighted by Gasteiger charge is -2.26. The maximum atomic E-state index is 11.6. The van der Waals surface area contributed by atoms with Crippen molar-refractivity contribution in [1.82, 2.24) is 10.2 Å². The molecule has 5 heteroatoms. The second-order valence-corrected chi connectivity index (χ2v) is 4.74. The van der Waals surface area contributed by atoms with E-state index in [1.807, 2.05) is 0 Å². The number of amides is 1. The van der Waals surface area contributed by atoms with Crippen LogP contribution in [0.5, 0.6) is 0 Å². The number of carbonyl (C=O) groups excluding carboxylic acids is 1. The SMILES string of the molecule is O=C(CCN1CCOCC1)NCC1CCOC1. The number of morpholine rings is 1. The van der Waals surface area contributed by atoms with Crippen molar-refractivity contribution in [3.05, 3.63) is 0 Å². The summed E-state index contributed by atoms with van der Waals surface area (Å²) in [6.45, 7) is 6.73. The molecule has 17 heavy (non-hydrogen) atoms. The highest BCUT2D eigenvalue weighted by atomic mass is 16.5. The summed E-state index contributed by atoms with van der Waals surface area (Å²) in [7, 11) is 0. The quantitative estimate of drug-likeness (QED) is 0.729. The summed E-state index contributed by atoms with van der Waals surface area (Å²) in [6, 6.07) is 0. The summed E-state index contributed by atoms with van der Waals surface area (Å²) in [5.74, 6) is 0.672. The zero-order chi connectivity index (χ0) is 11.9. The first-order chi connectivity index (χ1) is 8.34. The van der Waals surface area contributed by atoms with Gasteiger partial charge in [-0.25, -0.2) is 0 Å². The lowest BCUT2D eigenvalue weighted by atomic mass is 10.1. The van der Waals surface area contributed by atoms with Gasteiger partial charge in [0.25, 0.3) is 0 Å². The third-order valence-electron chi connectivity index (χ3n) is 3.37. The Morgan fingerprint density at radius 2 is 2.06 bits per heavy atom. The molecule has 2 rings (SSSR count). The highest BCUT2D eigenvalue weighted by molar-refractivity contribution is 5.76. The summed E-state index contributed by atoms with van der Waals surface area (Å²) in [6.07, 6.45) is 1.66. The molecule has 0 bridgehead atoms. The van der Waals surface area contributed by atoms with Crippen LogP contribution in [0.4, 0.5) is 0 Å². The number of carbonyl (C=O) groups is 1. The monoisotopic (exact) mass is 242 g/mol. The van der Waals surface area contributed by atoms with Crippen molar-refractivity contribution < 1.29 is 14.3 Å². The fraction of sp³-hybridized carbons (Fsp3) is 0.917. The molecule has 2 saturated heterocycles. The molecule has 2 aliphatic heterocycles. The zero-order valence-electron chi connectivity index (χ0n) is 10.3. The van der Waals surface area contributed by atoms with E-state index in [1.54, 1.807) is 0 Å². The molecule has 1 unspecified atom stereocenters. The van der Waals surface area contributed by atoms with Gasteiger partial charge in [-0.1, -0.05) is 0 Å². The Kier molecular flexibility index (Phi) is 5.22. The van der Waals surface area contributed by atoms with Crippen LogP contribution in [0, 0.1) is 5.92 Å². The highest BCUT2D eigenvalue weighted by Crippen LogP contribution is 2.10. The Morgan fingerprint density at radius 1 is 1.24 bits per heavy atom. The first kappa shape index (κ1) is 12.8. The molecule has 0 aromatic heterocycles. The van der Waals surface area contributed by atoms with E-state index in [2.05, 4.69) is 10.2 Å². The Hall–Kier alpha value is -0.650. The lowest BCUT2D eigenvalue weighted by Crippen LogP contribution is -2.39. The Balaban J connectivity index is 1.53. The molecule has 2 aliphatic rings. The maximum absolute atomic E-state index is 11.6. The Morgan fingerprint density at radius 3 is 2.76 bits per heavy atom. The molecule has 0 aliphatic carbocycles. The van der Waals surface area contributed by atoms with Crippen LogP contribution in [0.2, 0.25) is 0 Å². The molecule has 1 N–H and O–H groups in total. The first-order valence-corrected chi connectivity index (χ1v) is 6.49. The normalized spacial score (nSPS) is 26.0. The van der Waals surface area contributed by atoms with E-state index >= 15 is 0 Å². The largest absolute Gasteiger partial charge is 0.381 e. The predicted molar refractivity (Wildman–Crippen MR) is 63.8 cm³/mol. The molecule has 0 saturated carbocycles. The van der Waals surface area contributed by atoms with Gasteiger partial charge < -0.3 is 14.8 Å². The third-order valence-corrected chi connectivity index (χ3v) is 3.37. The summed E-state index contributed by atoms with van der Waals surface area (Å²) < 4.78 is 10.5. The number of nitrogens with zero attached hydrogens (tertiary/aromatic N) is 1. The van der Waals surface area contributed by atoms with Crippen molar-refractivity contribution in [2.45, 2.75) is 12.8 Å². The van der Waals surface area contributed by atoms with Gasteiger partial charge in [-0.3, -0.25) is 9.69 Å². The van der Waals surface area contributed by atoms with Gasteiger partial charge in [0, 0.05) is 45.1 Å². The van der Waals surface area contributed by atoms with Crippen molar-refractivity contribution >= 4 is 5.91 Å². The van der Waals surface area contributed by atoms with Gasteiger partial charge in [0.2, 0.25) is 5.91 Å². The maximum Gasteiger partial charge on any atom is 0.221 e. The first-order valence-electron chi connectivity index (χ1n) is 6.49. The molecule has 0 spiro atoms. The van der Waals surface area contributed by atoms with Crippen LogP contribution in [-0.2, 0) is 14.3 Å². The molecule has 5 nitrogen and oxygen atoms in total.